The second kappa shape index (κ2) is 6.27. The number of hydrogen-bond acceptors (Lipinski definition) is 1. The fourth-order valence-electron chi connectivity index (χ4n) is 4.25. The first-order valence-electron chi connectivity index (χ1n) is 8.82. The average Bonchev–Trinajstić information content (AvgIpc) is 3.33. The van der Waals surface area contributed by atoms with Crippen molar-refractivity contribution < 1.29 is 4.79 Å². The number of amides is 1. The molecule has 4 rings (SSSR count). The minimum atomic E-state index is 0.0827. The van der Waals surface area contributed by atoms with E-state index in [0.717, 1.165) is 12.0 Å². The lowest BCUT2D eigenvalue weighted by Gasteiger charge is -2.13. The van der Waals surface area contributed by atoms with Gasteiger partial charge in [0.1, 0.15) is 0 Å². The number of rotatable bonds is 5. The van der Waals surface area contributed by atoms with Gasteiger partial charge in [0.2, 0.25) is 5.91 Å². The molecule has 0 unspecified atom stereocenters. The number of fused-ring (bicyclic) bond motifs is 3. The van der Waals surface area contributed by atoms with Crippen LogP contribution in [0.5, 0.6) is 0 Å². The van der Waals surface area contributed by atoms with Crippen LogP contribution in [0.4, 0.5) is 0 Å². The molecule has 0 aliphatic heterocycles. The van der Waals surface area contributed by atoms with Gasteiger partial charge in [0.25, 0.3) is 0 Å². The van der Waals surface area contributed by atoms with Crippen molar-refractivity contribution in [2.75, 3.05) is 0 Å². The quantitative estimate of drug-likeness (QED) is 0.823. The molecular formula is C22H23NO. The summed E-state index contributed by atoms with van der Waals surface area (Å²) >= 11 is 0. The molecule has 2 aliphatic rings. The summed E-state index contributed by atoms with van der Waals surface area (Å²) in [5.74, 6) is 1.38. The Balaban J connectivity index is 1.40. The topological polar surface area (TPSA) is 29.1 Å². The zero-order valence-corrected chi connectivity index (χ0v) is 13.8. The largest absolute Gasteiger partial charge is 0.352 e. The van der Waals surface area contributed by atoms with E-state index in [9.17, 15) is 4.79 Å². The van der Waals surface area contributed by atoms with Crippen LogP contribution in [0.25, 0.3) is 0 Å². The highest BCUT2D eigenvalue weighted by atomic mass is 16.1. The van der Waals surface area contributed by atoms with Crippen LogP contribution in [-0.4, -0.2) is 11.9 Å². The molecule has 4 atom stereocenters. The number of benzene rings is 2. The molecule has 1 amide bonds. The molecule has 1 N–H and O–H groups in total. The Morgan fingerprint density at radius 3 is 2.71 bits per heavy atom. The van der Waals surface area contributed by atoms with Crippen molar-refractivity contribution in [3.05, 3.63) is 83.9 Å². The van der Waals surface area contributed by atoms with Crippen LogP contribution >= 0.6 is 0 Å². The standard InChI is InChI=1S/C22H23NO/c1-2-15(16-8-4-3-5-9-16)14-20(24)23-22-19-13-12-17-10-6-7-11-18(17)21(19)22/h2-11,15,19,21-22H,1,12-14H2,(H,23,24)/t15-,19-,21-,22-/m1/s1. The van der Waals surface area contributed by atoms with Gasteiger partial charge in [-0.1, -0.05) is 60.7 Å². The van der Waals surface area contributed by atoms with E-state index >= 15 is 0 Å². The molecule has 0 radical (unpaired) electrons. The summed E-state index contributed by atoms with van der Waals surface area (Å²) in [4.78, 5) is 12.5. The van der Waals surface area contributed by atoms with Gasteiger partial charge < -0.3 is 5.32 Å². The normalized spacial score (nSPS) is 25.1. The molecule has 2 aliphatic carbocycles. The average molecular weight is 317 g/mol. The van der Waals surface area contributed by atoms with Crippen molar-refractivity contribution in [3.63, 3.8) is 0 Å². The van der Waals surface area contributed by atoms with Crippen LogP contribution in [0.15, 0.2) is 67.3 Å². The van der Waals surface area contributed by atoms with Gasteiger partial charge >= 0.3 is 0 Å². The highest BCUT2D eigenvalue weighted by molar-refractivity contribution is 5.78. The summed E-state index contributed by atoms with van der Waals surface area (Å²) in [7, 11) is 0. The molecule has 2 aromatic carbocycles. The molecule has 0 heterocycles. The first kappa shape index (κ1) is 15.2. The third-order valence-corrected chi connectivity index (χ3v) is 5.57. The maximum atomic E-state index is 12.5. The Morgan fingerprint density at radius 2 is 1.92 bits per heavy atom. The molecule has 0 bridgehead atoms. The van der Waals surface area contributed by atoms with Gasteiger partial charge in [-0.2, -0.15) is 0 Å². The maximum absolute atomic E-state index is 12.5. The van der Waals surface area contributed by atoms with E-state index in [-0.39, 0.29) is 11.8 Å². The first-order valence-corrected chi connectivity index (χ1v) is 8.82. The number of hydrogen-bond donors (Lipinski definition) is 1. The van der Waals surface area contributed by atoms with Crippen molar-refractivity contribution in [1.29, 1.82) is 0 Å². The lowest BCUT2D eigenvalue weighted by molar-refractivity contribution is -0.121. The molecule has 0 saturated heterocycles. The summed E-state index contributed by atoms with van der Waals surface area (Å²) < 4.78 is 0. The van der Waals surface area contributed by atoms with Crippen LogP contribution in [-0.2, 0) is 11.2 Å². The number of nitrogens with one attached hydrogen (secondary N) is 1. The van der Waals surface area contributed by atoms with Gasteiger partial charge in [0.15, 0.2) is 0 Å². The molecule has 2 aromatic rings. The molecule has 0 aromatic heterocycles. The van der Waals surface area contributed by atoms with Gasteiger partial charge in [-0.15, -0.1) is 6.58 Å². The SMILES string of the molecule is C=C[C@H](CC(=O)N[C@@H]1[C@@H]2CCc3ccccc3[C@H]21)c1ccccc1. The molecule has 1 saturated carbocycles. The van der Waals surface area contributed by atoms with Crippen LogP contribution in [0.3, 0.4) is 0 Å². The highest BCUT2D eigenvalue weighted by Gasteiger charge is 2.53. The van der Waals surface area contributed by atoms with E-state index < -0.39 is 0 Å². The predicted octanol–water partition coefficient (Wildman–Crippen LogP) is 4.19. The molecule has 122 valence electrons. The first-order chi connectivity index (χ1) is 11.8. The van der Waals surface area contributed by atoms with Gasteiger partial charge in [-0.05, 0) is 35.4 Å². The molecular weight excluding hydrogens is 294 g/mol. The summed E-state index contributed by atoms with van der Waals surface area (Å²) in [6.07, 6.45) is 4.69. The molecule has 2 heteroatoms. The van der Waals surface area contributed by atoms with E-state index in [2.05, 4.69) is 48.3 Å². The molecule has 24 heavy (non-hydrogen) atoms. The van der Waals surface area contributed by atoms with Crippen LogP contribution in [0.1, 0.15) is 41.4 Å². The van der Waals surface area contributed by atoms with E-state index in [0.29, 0.717) is 24.3 Å². The Kier molecular flexibility index (Phi) is 3.97. The lowest BCUT2D eigenvalue weighted by atomic mass is 9.92. The fourth-order valence-corrected chi connectivity index (χ4v) is 4.25. The van der Waals surface area contributed by atoms with Gasteiger partial charge in [-0.25, -0.2) is 0 Å². The van der Waals surface area contributed by atoms with E-state index in [1.54, 1.807) is 0 Å². The number of aryl methyl sites for hydroxylation is 1. The lowest BCUT2D eigenvalue weighted by Crippen LogP contribution is -2.28. The van der Waals surface area contributed by atoms with Crippen LogP contribution in [0, 0.1) is 5.92 Å². The van der Waals surface area contributed by atoms with Gasteiger partial charge in [0, 0.05) is 24.3 Å². The van der Waals surface area contributed by atoms with Gasteiger partial charge in [-0.3, -0.25) is 4.79 Å². The monoisotopic (exact) mass is 317 g/mol. The highest BCUT2D eigenvalue weighted by Crippen LogP contribution is 2.54. The van der Waals surface area contributed by atoms with E-state index in [1.807, 2.05) is 24.3 Å². The summed E-state index contributed by atoms with van der Waals surface area (Å²) in [6, 6.07) is 19.1. The maximum Gasteiger partial charge on any atom is 0.221 e. The summed E-state index contributed by atoms with van der Waals surface area (Å²) in [5, 5.41) is 3.28. The van der Waals surface area contributed by atoms with Gasteiger partial charge in [0.05, 0.1) is 0 Å². The zero-order valence-electron chi connectivity index (χ0n) is 13.8. The Bertz CT molecular complexity index is 752. The minimum absolute atomic E-state index is 0.0827. The Morgan fingerprint density at radius 1 is 1.17 bits per heavy atom. The summed E-state index contributed by atoms with van der Waals surface area (Å²) in [5.41, 5.74) is 4.06. The Labute approximate surface area is 143 Å². The van der Waals surface area contributed by atoms with Crippen LogP contribution < -0.4 is 5.32 Å². The van der Waals surface area contributed by atoms with E-state index in [4.69, 9.17) is 0 Å². The number of allylic oxidation sites excluding steroid dienone is 1. The minimum Gasteiger partial charge on any atom is -0.352 e. The number of carbonyl (C=O) groups excluding carboxylic acids is 1. The van der Waals surface area contributed by atoms with E-state index in [1.165, 1.54) is 17.5 Å². The van der Waals surface area contributed by atoms with Crippen molar-refractivity contribution >= 4 is 5.91 Å². The fraction of sp³-hybridized carbons (Fsp3) is 0.318. The van der Waals surface area contributed by atoms with Crippen LogP contribution in [0.2, 0.25) is 0 Å². The summed E-state index contributed by atoms with van der Waals surface area (Å²) in [6.45, 7) is 3.91. The van der Waals surface area contributed by atoms with Crippen molar-refractivity contribution in [2.45, 2.75) is 37.1 Å². The second-order valence-corrected chi connectivity index (χ2v) is 6.98. The third-order valence-electron chi connectivity index (χ3n) is 5.57. The molecule has 0 spiro atoms. The smallest absolute Gasteiger partial charge is 0.221 e. The molecule has 2 nitrogen and oxygen atoms in total. The number of carbonyl (C=O) groups is 1. The molecule has 1 fully saturated rings. The Hall–Kier alpha value is -2.35. The third kappa shape index (κ3) is 2.77. The van der Waals surface area contributed by atoms with Crippen molar-refractivity contribution in [3.8, 4) is 0 Å². The van der Waals surface area contributed by atoms with Crippen molar-refractivity contribution in [2.24, 2.45) is 5.92 Å². The second-order valence-electron chi connectivity index (χ2n) is 6.98. The predicted molar refractivity (Wildman–Crippen MR) is 96.9 cm³/mol. The van der Waals surface area contributed by atoms with Crippen molar-refractivity contribution in [1.82, 2.24) is 5.32 Å². The zero-order chi connectivity index (χ0) is 16.5.